The molecule has 0 saturated carbocycles. The van der Waals surface area contributed by atoms with Crippen LogP contribution in [-0.2, 0) is 13.6 Å². The minimum absolute atomic E-state index is 1.06. The lowest BCUT2D eigenvalue weighted by molar-refractivity contribution is 0.553. The molecule has 43 heavy (non-hydrogen) atoms. The van der Waals surface area contributed by atoms with E-state index < -0.39 is 0 Å². The fourth-order valence-electron chi connectivity index (χ4n) is 7.73. The Morgan fingerprint density at radius 1 is 0.442 bits per heavy atom. The lowest BCUT2D eigenvalue weighted by Crippen LogP contribution is -1.99. The van der Waals surface area contributed by atoms with E-state index in [1.54, 1.807) is 0 Å². The Hall–Kier alpha value is -4.30. The molecule has 2 heteroatoms. The molecule has 0 fully saturated rings. The highest BCUT2D eigenvalue weighted by molar-refractivity contribution is 6.26. The van der Waals surface area contributed by atoms with Crippen LogP contribution in [-0.4, -0.2) is 9.13 Å². The van der Waals surface area contributed by atoms with Gasteiger partial charge in [0.15, 0.2) is 0 Å². The maximum Gasteiger partial charge on any atom is 0.0571 e. The summed E-state index contributed by atoms with van der Waals surface area (Å²) in [6.07, 6.45) is 10.7. The summed E-state index contributed by atoms with van der Waals surface area (Å²) in [4.78, 5) is 0. The summed E-state index contributed by atoms with van der Waals surface area (Å²) >= 11 is 0. The Labute approximate surface area is 253 Å². The molecule has 0 saturated heterocycles. The van der Waals surface area contributed by atoms with Gasteiger partial charge in [0.05, 0.1) is 11.0 Å². The number of hydrogen-bond acceptors (Lipinski definition) is 0. The number of benzene rings is 6. The molecule has 0 spiro atoms. The van der Waals surface area contributed by atoms with Gasteiger partial charge in [0, 0.05) is 56.9 Å². The zero-order valence-electron chi connectivity index (χ0n) is 25.5. The zero-order chi connectivity index (χ0) is 28.9. The molecule has 0 aliphatic heterocycles. The molecule has 2 aromatic heterocycles. The highest BCUT2D eigenvalue weighted by Gasteiger charge is 2.18. The van der Waals surface area contributed by atoms with Crippen molar-refractivity contribution in [2.24, 2.45) is 7.05 Å². The Bertz CT molecular complexity index is 2300. The van der Waals surface area contributed by atoms with Crippen molar-refractivity contribution < 1.29 is 0 Å². The standard InChI is InChI=1S/C41H40N2/c1-3-4-5-6-7-8-9-14-23-43-39-27-31-18-13-11-16-29(31)25-37(39)35-22-19-32-33(41(35)43)20-21-34-36-24-28-15-10-12-17-30(28)26-38(36)42(2)40(32)34/h10-13,15-22,24-27H,3-9,14,23H2,1-2H3. The number of aryl methyl sites for hydroxylation is 2. The first-order valence-electron chi connectivity index (χ1n) is 16.4. The van der Waals surface area contributed by atoms with Gasteiger partial charge in [-0.1, -0.05) is 125 Å². The molecule has 0 amide bonds. The Kier molecular flexibility index (Phi) is 6.59. The summed E-state index contributed by atoms with van der Waals surface area (Å²) in [5, 5.41) is 13.4. The Morgan fingerprint density at radius 3 is 1.49 bits per heavy atom. The third-order valence-corrected chi connectivity index (χ3v) is 9.95. The summed E-state index contributed by atoms with van der Waals surface area (Å²) < 4.78 is 5.07. The summed E-state index contributed by atoms with van der Waals surface area (Å²) in [7, 11) is 2.24. The third-order valence-electron chi connectivity index (χ3n) is 9.95. The average Bonchev–Trinajstić information content (AvgIpc) is 3.50. The molecule has 0 radical (unpaired) electrons. The molecule has 8 aromatic rings. The maximum absolute atomic E-state index is 2.65. The second-order valence-corrected chi connectivity index (χ2v) is 12.6. The zero-order valence-corrected chi connectivity index (χ0v) is 25.5. The molecule has 214 valence electrons. The number of hydrogen-bond donors (Lipinski definition) is 0. The van der Waals surface area contributed by atoms with Gasteiger partial charge in [-0.3, -0.25) is 0 Å². The smallest absolute Gasteiger partial charge is 0.0571 e. The molecule has 8 rings (SSSR count). The molecule has 0 N–H and O–H groups in total. The van der Waals surface area contributed by atoms with Gasteiger partial charge in [-0.2, -0.15) is 0 Å². The predicted molar refractivity (Wildman–Crippen MR) is 189 cm³/mol. The van der Waals surface area contributed by atoms with Gasteiger partial charge < -0.3 is 9.13 Å². The molecular formula is C41H40N2. The number of fused-ring (bicyclic) bond motifs is 11. The number of aromatic nitrogens is 2. The van der Waals surface area contributed by atoms with E-state index in [1.807, 2.05) is 0 Å². The molecule has 2 nitrogen and oxygen atoms in total. The third kappa shape index (κ3) is 4.30. The second kappa shape index (κ2) is 10.8. The van der Waals surface area contributed by atoms with E-state index in [0.29, 0.717) is 0 Å². The van der Waals surface area contributed by atoms with E-state index in [0.717, 1.165) is 6.54 Å². The van der Waals surface area contributed by atoms with Gasteiger partial charge in [-0.25, -0.2) is 0 Å². The van der Waals surface area contributed by atoms with Crippen LogP contribution >= 0.6 is 0 Å². The average molecular weight is 561 g/mol. The van der Waals surface area contributed by atoms with Crippen LogP contribution in [0.5, 0.6) is 0 Å². The molecule has 0 atom stereocenters. The highest BCUT2D eigenvalue weighted by atomic mass is 15.0. The maximum atomic E-state index is 2.65. The summed E-state index contributed by atoms with van der Waals surface area (Å²) in [6, 6.07) is 36.7. The number of rotatable bonds is 9. The molecule has 0 aliphatic rings. The monoisotopic (exact) mass is 560 g/mol. The van der Waals surface area contributed by atoms with Gasteiger partial charge in [-0.05, 0) is 52.2 Å². The predicted octanol–water partition coefficient (Wildman–Crippen LogP) is 12.0. The normalized spacial score (nSPS) is 12.3. The second-order valence-electron chi connectivity index (χ2n) is 12.6. The molecule has 0 unspecified atom stereocenters. The van der Waals surface area contributed by atoms with Crippen molar-refractivity contribution in [2.75, 3.05) is 0 Å². The van der Waals surface area contributed by atoms with Crippen molar-refractivity contribution in [3.05, 3.63) is 97.1 Å². The van der Waals surface area contributed by atoms with Crippen LogP contribution in [0.4, 0.5) is 0 Å². The van der Waals surface area contributed by atoms with Crippen molar-refractivity contribution in [3.8, 4) is 0 Å². The van der Waals surface area contributed by atoms with Gasteiger partial charge >= 0.3 is 0 Å². The van der Waals surface area contributed by atoms with E-state index in [2.05, 4.69) is 120 Å². The Morgan fingerprint density at radius 2 is 0.884 bits per heavy atom. The van der Waals surface area contributed by atoms with Gasteiger partial charge in [0.1, 0.15) is 0 Å². The van der Waals surface area contributed by atoms with Crippen molar-refractivity contribution in [3.63, 3.8) is 0 Å². The van der Waals surface area contributed by atoms with E-state index in [-0.39, 0.29) is 0 Å². The minimum Gasteiger partial charge on any atom is -0.343 e. The van der Waals surface area contributed by atoms with Crippen LogP contribution in [0.25, 0.3) is 75.9 Å². The van der Waals surface area contributed by atoms with Crippen LogP contribution < -0.4 is 0 Å². The summed E-state index contributed by atoms with van der Waals surface area (Å²) in [6.45, 7) is 3.36. The van der Waals surface area contributed by atoms with Crippen LogP contribution in [0.3, 0.4) is 0 Å². The van der Waals surface area contributed by atoms with Crippen molar-refractivity contribution in [1.29, 1.82) is 0 Å². The van der Waals surface area contributed by atoms with Crippen LogP contribution in [0.1, 0.15) is 58.3 Å². The summed E-state index contributed by atoms with van der Waals surface area (Å²) in [5.41, 5.74) is 5.39. The minimum atomic E-state index is 1.06. The molecule has 2 heterocycles. The Balaban J connectivity index is 1.31. The topological polar surface area (TPSA) is 9.86 Å². The van der Waals surface area contributed by atoms with E-state index in [1.165, 1.54) is 127 Å². The fourth-order valence-corrected chi connectivity index (χ4v) is 7.73. The first-order chi connectivity index (χ1) is 21.2. The molecule has 0 bridgehead atoms. The van der Waals surface area contributed by atoms with Crippen LogP contribution in [0.2, 0.25) is 0 Å². The van der Waals surface area contributed by atoms with Crippen LogP contribution in [0, 0.1) is 0 Å². The number of nitrogens with zero attached hydrogens (tertiary/aromatic N) is 2. The van der Waals surface area contributed by atoms with E-state index >= 15 is 0 Å². The van der Waals surface area contributed by atoms with Gasteiger partial charge in [0.25, 0.3) is 0 Å². The van der Waals surface area contributed by atoms with Crippen LogP contribution in [0.15, 0.2) is 97.1 Å². The highest BCUT2D eigenvalue weighted by Crippen LogP contribution is 2.41. The van der Waals surface area contributed by atoms with Crippen molar-refractivity contribution in [1.82, 2.24) is 9.13 Å². The van der Waals surface area contributed by atoms with Gasteiger partial charge in [0.2, 0.25) is 0 Å². The molecular weight excluding hydrogens is 520 g/mol. The largest absolute Gasteiger partial charge is 0.343 e. The lowest BCUT2D eigenvalue weighted by Gasteiger charge is -2.11. The fraction of sp³-hybridized carbons (Fsp3) is 0.268. The quantitative estimate of drug-likeness (QED) is 0.155. The van der Waals surface area contributed by atoms with Crippen molar-refractivity contribution >= 4 is 75.9 Å². The summed E-state index contributed by atoms with van der Waals surface area (Å²) in [5.74, 6) is 0. The molecule has 6 aromatic carbocycles. The van der Waals surface area contributed by atoms with E-state index in [9.17, 15) is 0 Å². The van der Waals surface area contributed by atoms with Gasteiger partial charge in [-0.15, -0.1) is 0 Å². The van der Waals surface area contributed by atoms with Crippen molar-refractivity contribution in [2.45, 2.75) is 64.8 Å². The number of unbranched alkanes of at least 4 members (excludes halogenated alkanes) is 7. The first kappa shape index (κ1) is 26.3. The SMILES string of the molecule is CCCCCCCCCCn1c2cc3ccccc3cc2c2ccc3c(ccc4c5cc6ccccc6cc5n(C)c43)c21. The lowest BCUT2D eigenvalue weighted by atomic mass is 10.0. The first-order valence-corrected chi connectivity index (χ1v) is 16.4. The molecule has 0 aliphatic carbocycles. The van der Waals surface area contributed by atoms with E-state index in [4.69, 9.17) is 0 Å².